The lowest BCUT2D eigenvalue weighted by molar-refractivity contribution is -0.117. The third-order valence-electron chi connectivity index (χ3n) is 4.78. The van der Waals surface area contributed by atoms with Gasteiger partial charge >= 0.3 is 0 Å². The molecule has 2 aliphatic rings. The third kappa shape index (κ3) is 3.06. The van der Waals surface area contributed by atoms with Crippen LogP contribution >= 0.6 is 11.3 Å². The number of Topliss-reactive ketones (excluding diaryl/α,β-unsaturated/α-hetero) is 1. The molecular weight excluding hydrogens is 334 g/mol. The van der Waals surface area contributed by atoms with Gasteiger partial charge in [-0.1, -0.05) is 11.3 Å². The predicted molar refractivity (Wildman–Crippen MR) is 98.6 cm³/mol. The van der Waals surface area contributed by atoms with Gasteiger partial charge in [0.05, 0.1) is 10.6 Å². The van der Waals surface area contributed by atoms with Gasteiger partial charge in [-0.3, -0.25) is 9.59 Å². The monoisotopic (exact) mass is 355 g/mol. The molecule has 6 heteroatoms. The number of thiazole rings is 1. The van der Waals surface area contributed by atoms with Gasteiger partial charge in [-0.05, 0) is 50.5 Å². The fraction of sp³-hybridized carbons (Fsp3) is 0.421. The first-order valence-corrected chi connectivity index (χ1v) is 9.54. The molecule has 25 heavy (non-hydrogen) atoms. The van der Waals surface area contributed by atoms with Crippen molar-refractivity contribution >= 4 is 34.4 Å². The molecule has 1 aromatic carbocycles. The summed E-state index contributed by atoms with van der Waals surface area (Å²) in [4.78, 5) is 32.0. The Morgan fingerprint density at radius 3 is 2.52 bits per heavy atom. The SMILES string of the molecule is CC(=O)c1s/c(=N\c2ccc(N3CCCC3=O)cc2)n(C2CC2)c1C. The standard InChI is InChI=1S/C19H21N3O2S/c1-12-18(13(2)23)25-19(22(12)16-9-10-16)20-14-5-7-15(8-6-14)21-11-3-4-17(21)24/h5-8,16H,3-4,9-11H2,1-2H3/b20-19-. The van der Waals surface area contributed by atoms with Crippen LogP contribution in [0.4, 0.5) is 11.4 Å². The van der Waals surface area contributed by atoms with Gasteiger partial charge in [-0.2, -0.15) is 0 Å². The minimum atomic E-state index is 0.0984. The number of amides is 1. The summed E-state index contributed by atoms with van der Waals surface area (Å²) in [7, 11) is 0. The Hall–Kier alpha value is -2.21. The maximum absolute atomic E-state index is 11.9. The zero-order valence-electron chi connectivity index (χ0n) is 14.5. The van der Waals surface area contributed by atoms with Crippen molar-refractivity contribution in [2.45, 2.75) is 45.6 Å². The van der Waals surface area contributed by atoms with Crippen LogP contribution in [0.3, 0.4) is 0 Å². The van der Waals surface area contributed by atoms with Crippen LogP contribution in [0, 0.1) is 6.92 Å². The Bertz CT molecular complexity index is 904. The molecule has 0 radical (unpaired) electrons. The molecule has 1 amide bonds. The van der Waals surface area contributed by atoms with Crippen LogP contribution in [-0.2, 0) is 4.79 Å². The van der Waals surface area contributed by atoms with E-state index in [4.69, 9.17) is 4.99 Å². The average Bonchev–Trinajstić information content (AvgIpc) is 3.24. The Morgan fingerprint density at radius 2 is 1.96 bits per heavy atom. The summed E-state index contributed by atoms with van der Waals surface area (Å²) in [5.74, 6) is 0.289. The fourth-order valence-corrected chi connectivity index (χ4v) is 4.48. The van der Waals surface area contributed by atoms with Gasteiger partial charge in [0.1, 0.15) is 0 Å². The number of aromatic nitrogens is 1. The lowest BCUT2D eigenvalue weighted by atomic mass is 10.2. The van der Waals surface area contributed by atoms with Crippen LogP contribution in [0.5, 0.6) is 0 Å². The number of carbonyl (C=O) groups excluding carboxylic acids is 2. The van der Waals surface area contributed by atoms with E-state index in [0.717, 1.165) is 52.6 Å². The number of ketones is 1. The summed E-state index contributed by atoms with van der Waals surface area (Å²) in [6.07, 6.45) is 3.86. The molecule has 5 nitrogen and oxygen atoms in total. The third-order valence-corrected chi connectivity index (χ3v) is 6.04. The molecule has 1 saturated heterocycles. The summed E-state index contributed by atoms with van der Waals surface area (Å²) in [5, 5.41) is 0. The summed E-state index contributed by atoms with van der Waals surface area (Å²) in [5.41, 5.74) is 2.81. The topological polar surface area (TPSA) is 54.7 Å². The average molecular weight is 355 g/mol. The van der Waals surface area contributed by atoms with E-state index < -0.39 is 0 Å². The second-order valence-corrected chi connectivity index (χ2v) is 7.71. The molecule has 4 rings (SSSR count). The normalized spacial score (nSPS) is 18.2. The Kier molecular flexibility index (Phi) is 4.07. The van der Waals surface area contributed by atoms with E-state index in [2.05, 4.69) is 4.57 Å². The molecule has 1 aliphatic carbocycles. The van der Waals surface area contributed by atoms with Gasteiger partial charge in [0.15, 0.2) is 10.6 Å². The second kappa shape index (κ2) is 6.26. The first kappa shape index (κ1) is 16.3. The van der Waals surface area contributed by atoms with E-state index in [1.807, 2.05) is 36.1 Å². The zero-order chi connectivity index (χ0) is 17.6. The van der Waals surface area contributed by atoms with E-state index in [0.29, 0.717) is 12.5 Å². The highest BCUT2D eigenvalue weighted by Crippen LogP contribution is 2.36. The van der Waals surface area contributed by atoms with Gasteiger partial charge in [0.2, 0.25) is 5.91 Å². The van der Waals surface area contributed by atoms with E-state index in [9.17, 15) is 9.59 Å². The molecule has 2 heterocycles. The molecule has 2 fully saturated rings. The lowest BCUT2D eigenvalue weighted by Crippen LogP contribution is -2.23. The molecule has 0 atom stereocenters. The van der Waals surface area contributed by atoms with Crippen LogP contribution in [0.15, 0.2) is 29.3 Å². The number of nitrogens with zero attached hydrogens (tertiary/aromatic N) is 3. The Morgan fingerprint density at radius 1 is 1.24 bits per heavy atom. The van der Waals surface area contributed by atoms with E-state index in [-0.39, 0.29) is 11.7 Å². The molecule has 2 aromatic rings. The van der Waals surface area contributed by atoms with Gasteiger partial charge in [-0.15, -0.1) is 0 Å². The number of rotatable bonds is 4. The summed E-state index contributed by atoms with van der Waals surface area (Å²) in [6.45, 7) is 4.41. The van der Waals surface area contributed by atoms with Crippen molar-refractivity contribution in [3.8, 4) is 0 Å². The van der Waals surface area contributed by atoms with Crippen LogP contribution in [0.1, 0.15) is 54.0 Å². The number of benzene rings is 1. The highest BCUT2D eigenvalue weighted by molar-refractivity contribution is 7.11. The molecule has 1 aromatic heterocycles. The molecule has 0 spiro atoms. The molecule has 0 N–H and O–H groups in total. The van der Waals surface area contributed by atoms with Gasteiger partial charge in [0.25, 0.3) is 0 Å². The zero-order valence-corrected chi connectivity index (χ0v) is 15.3. The second-order valence-electron chi connectivity index (χ2n) is 6.73. The first-order valence-electron chi connectivity index (χ1n) is 8.72. The highest BCUT2D eigenvalue weighted by Gasteiger charge is 2.28. The maximum Gasteiger partial charge on any atom is 0.227 e. The molecule has 0 unspecified atom stereocenters. The van der Waals surface area contributed by atoms with Crippen LogP contribution in [0.2, 0.25) is 0 Å². The minimum absolute atomic E-state index is 0.0984. The van der Waals surface area contributed by atoms with Crippen molar-refractivity contribution in [1.82, 2.24) is 4.57 Å². The highest BCUT2D eigenvalue weighted by atomic mass is 32.1. The van der Waals surface area contributed by atoms with Crippen molar-refractivity contribution in [3.63, 3.8) is 0 Å². The molecule has 1 saturated carbocycles. The summed E-state index contributed by atoms with van der Waals surface area (Å²) < 4.78 is 2.21. The maximum atomic E-state index is 11.9. The largest absolute Gasteiger partial charge is 0.317 e. The first-order chi connectivity index (χ1) is 12.0. The Labute approximate surface area is 150 Å². The van der Waals surface area contributed by atoms with Gasteiger partial charge in [-0.25, -0.2) is 4.99 Å². The quantitative estimate of drug-likeness (QED) is 0.784. The van der Waals surface area contributed by atoms with Gasteiger partial charge in [0, 0.05) is 37.3 Å². The minimum Gasteiger partial charge on any atom is -0.317 e. The van der Waals surface area contributed by atoms with Gasteiger partial charge < -0.3 is 9.47 Å². The van der Waals surface area contributed by atoms with Crippen LogP contribution in [-0.4, -0.2) is 22.8 Å². The fourth-order valence-electron chi connectivity index (χ4n) is 3.37. The summed E-state index contributed by atoms with van der Waals surface area (Å²) >= 11 is 1.47. The van der Waals surface area contributed by atoms with E-state index in [1.165, 1.54) is 11.3 Å². The number of hydrogen-bond acceptors (Lipinski definition) is 4. The predicted octanol–water partition coefficient (Wildman–Crippen LogP) is 3.75. The van der Waals surface area contributed by atoms with Crippen molar-refractivity contribution in [2.75, 3.05) is 11.4 Å². The molecule has 1 aliphatic heterocycles. The smallest absolute Gasteiger partial charge is 0.227 e. The van der Waals surface area contributed by atoms with Crippen molar-refractivity contribution in [1.29, 1.82) is 0 Å². The molecule has 0 bridgehead atoms. The van der Waals surface area contributed by atoms with Crippen LogP contribution in [0.25, 0.3) is 0 Å². The van der Waals surface area contributed by atoms with E-state index >= 15 is 0 Å². The number of hydrogen-bond donors (Lipinski definition) is 0. The van der Waals surface area contributed by atoms with Crippen molar-refractivity contribution < 1.29 is 9.59 Å². The number of carbonyl (C=O) groups is 2. The van der Waals surface area contributed by atoms with Crippen molar-refractivity contribution in [2.24, 2.45) is 4.99 Å². The van der Waals surface area contributed by atoms with Crippen LogP contribution < -0.4 is 9.70 Å². The Balaban J connectivity index is 1.70. The molecular formula is C19H21N3O2S. The van der Waals surface area contributed by atoms with E-state index in [1.54, 1.807) is 6.92 Å². The molecule has 130 valence electrons. The van der Waals surface area contributed by atoms with Crippen molar-refractivity contribution in [3.05, 3.63) is 39.6 Å². The lowest BCUT2D eigenvalue weighted by Gasteiger charge is -2.15. The number of anilines is 1. The summed E-state index contributed by atoms with van der Waals surface area (Å²) in [6, 6.07) is 8.28.